The number of aliphatic hydroxyl groups excluding tert-OH is 2. The van der Waals surface area contributed by atoms with E-state index in [4.69, 9.17) is 10.2 Å². The van der Waals surface area contributed by atoms with Gasteiger partial charge in [-0.2, -0.15) is 0 Å². The second-order valence-corrected chi connectivity index (χ2v) is 1.75. The third-order valence-electron chi connectivity index (χ3n) is 0.963. The Morgan fingerprint density at radius 3 is 1.42 bits per heavy atom. The summed E-state index contributed by atoms with van der Waals surface area (Å²) in [5.41, 5.74) is 0. The number of hydrogen-bond acceptors (Lipinski definition) is 3. The number of rotatable bonds is 4. The lowest BCUT2D eigenvalue weighted by Crippen LogP contribution is -2.25. The van der Waals surface area contributed by atoms with Gasteiger partial charge in [0, 0.05) is 50.3 Å². The molecule has 12 heavy (non-hydrogen) atoms. The van der Waals surface area contributed by atoms with E-state index in [0.717, 1.165) is 0 Å². The molecule has 0 rings (SSSR count). The molecule has 5 heteroatoms. The van der Waals surface area contributed by atoms with Crippen LogP contribution < -0.4 is 0 Å². The Labute approximate surface area is 99.9 Å². The molecule has 0 unspecified atom stereocenters. The van der Waals surface area contributed by atoms with Crippen molar-refractivity contribution in [3.8, 4) is 0 Å². The topological polar surface area (TPSA) is 43.7 Å². The Morgan fingerprint density at radius 1 is 1.00 bits per heavy atom. The second kappa shape index (κ2) is 22.8. The molecular weight excluding hydrogens is 384 g/mol. The van der Waals surface area contributed by atoms with Crippen LogP contribution >= 0.6 is 37.2 Å². The zero-order valence-corrected chi connectivity index (χ0v) is 10.2. The van der Waals surface area contributed by atoms with E-state index in [1.807, 2.05) is 11.9 Å². The highest BCUT2D eigenvalue weighted by Gasteiger charge is 1.91. The van der Waals surface area contributed by atoms with Gasteiger partial charge in [0.1, 0.15) is 0 Å². The Bertz CT molecular complexity index is 52.7. The minimum Gasteiger partial charge on any atom is -0.395 e. The van der Waals surface area contributed by atoms with E-state index < -0.39 is 0 Å². The van der Waals surface area contributed by atoms with E-state index in [-0.39, 0.29) is 28.1 Å². The average Bonchev–Trinajstić information content (AvgIpc) is 1.93. The van der Waals surface area contributed by atoms with Crippen LogP contribution in [0.3, 0.4) is 0 Å². The lowest BCUT2D eigenvalue weighted by atomic mass is 10.5. The molecule has 0 aliphatic rings. The molecule has 0 amide bonds. The third kappa shape index (κ3) is 22.5. The highest BCUT2D eigenvalue weighted by Crippen LogP contribution is 1.89. The molecule has 0 saturated carbocycles. The van der Waals surface area contributed by atoms with Gasteiger partial charge in [0.2, 0.25) is 0 Å². The zero-order chi connectivity index (χ0) is 8.41. The van der Waals surface area contributed by atoms with Gasteiger partial charge < -0.3 is 15.1 Å². The van der Waals surface area contributed by atoms with Crippen LogP contribution in [-0.4, -0.2) is 48.5 Å². The predicted molar refractivity (Wildman–Crippen MR) is 73.2 cm³/mol. The average molecular weight is 405 g/mol. The summed E-state index contributed by atoms with van der Waals surface area (Å²) in [5.74, 6) is 0. The maximum atomic E-state index is 8.34. The van der Waals surface area contributed by atoms with Gasteiger partial charge in [-0.15, -0.1) is 0 Å². The molecule has 0 radical (unpaired) electrons. The fourth-order valence-corrected chi connectivity index (χ4v) is 0.453. The van der Waals surface area contributed by atoms with Gasteiger partial charge in [-0.1, -0.05) is 14.9 Å². The van der Waals surface area contributed by atoms with Crippen molar-refractivity contribution in [2.75, 3.05) is 33.4 Å². The number of hydrogen-bond donors (Lipinski definition) is 2. The number of likely N-dealkylation sites (N-methyl/N-ethyl adjacent to an activating group) is 1. The fraction of sp³-hybridized carbons (Fsp3) is 1.00. The largest absolute Gasteiger partial charge is 0.395 e. The summed E-state index contributed by atoms with van der Waals surface area (Å²) >= 11 is 4.24. The maximum Gasteiger partial charge on any atom is 0.0558 e. The van der Waals surface area contributed by atoms with Gasteiger partial charge in [0.05, 0.1) is 13.2 Å². The standard InChI is InChI=1S/C5H13NO2.2CH4.I2/c1-6(2-4-7)3-5-8;;;1-2/h7-8H,2-5H2,1H3;2*1H4;. The van der Waals surface area contributed by atoms with E-state index in [2.05, 4.69) is 37.2 Å². The van der Waals surface area contributed by atoms with E-state index in [0.29, 0.717) is 13.1 Å². The molecule has 0 bridgehead atoms. The van der Waals surface area contributed by atoms with Crippen molar-refractivity contribution in [1.82, 2.24) is 4.90 Å². The van der Waals surface area contributed by atoms with E-state index in [9.17, 15) is 0 Å². The van der Waals surface area contributed by atoms with Crippen molar-refractivity contribution in [1.29, 1.82) is 0 Å². The van der Waals surface area contributed by atoms with Crippen molar-refractivity contribution >= 4 is 37.2 Å². The Hall–Kier alpha value is 1.34. The van der Waals surface area contributed by atoms with Gasteiger partial charge in [-0.3, -0.25) is 0 Å². The summed E-state index contributed by atoms with van der Waals surface area (Å²) in [6.45, 7) is 1.61. The van der Waals surface area contributed by atoms with E-state index in [1.54, 1.807) is 0 Å². The molecule has 3 nitrogen and oxygen atoms in total. The van der Waals surface area contributed by atoms with Crippen molar-refractivity contribution in [2.24, 2.45) is 0 Å². The fourth-order valence-electron chi connectivity index (χ4n) is 0.453. The first-order chi connectivity index (χ1) is 4.81. The molecule has 80 valence electrons. The maximum absolute atomic E-state index is 8.34. The van der Waals surface area contributed by atoms with Crippen LogP contribution in [-0.2, 0) is 0 Å². The highest BCUT2D eigenvalue weighted by atomic mass is 128. The summed E-state index contributed by atoms with van der Waals surface area (Å²) in [5, 5.41) is 16.7. The van der Waals surface area contributed by atoms with Crippen LogP contribution in [0.1, 0.15) is 14.9 Å². The lowest BCUT2D eigenvalue weighted by molar-refractivity contribution is 0.184. The molecule has 0 saturated heterocycles. The molecule has 0 fully saturated rings. The van der Waals surface area contributed by atoms with Crippen molar-refractivity contribution in [3.05, 3.63) is 0 Å². The van der Waals surface area contributed by atoms with Gasteiger partial charge in [0.25, 0.3) is 0 Å². The van der Waals surface area contributed by atoms with Crippen molar-refractivity contribution < 1.29 is 10.2 Å². The SMILES string of the molecule is C.C.CN(CCO)CCO.II. The highest BCUT2D eigenvalue weighted by molar-refractivity contribution is 15.0. The third-order valence-corrected chi connectivity index (χ3v) is 0.963. The van der Waals surface area contributed by atoms with Crippen molar-refractivity contribution in [2.45, 2.75) is 14.9 Å². The minimum absolute atomic E-state index is 0. The summed E-state index contributed by atoms with van der Waals surface area (Å²) in [7, 11) is 1.85. The molecular formula is C7H21I2NO2. The Balaban J connectivity index is -0.0000000740. The quantitative estimate of drug-likeness (QED) is 0.704. The van der Waals surface area contributed by atoms with Crippen LogP contribution in [0.15, 0.2) is 0 Å². The first kappa shape index (κ1) is 23.3. The monoisotopic (exact) mass is 405 g/mol. The van der Waals surface area contributed by atoms with Crippen LogP contribution in [0.5, 0.6) is 0 Å². The van der Waals surface area contributed by atoms with Crippen LogP contribution in [0.2, 0.25) is 0 Å². The lowest BCUT2D eigenvalue weighted by Gasteiger charge is -2.11. The molecule has 0 aromatic carbocycles. The van der Waals surface area contributed by atoms with Crippen molar-refractivity contribution in [3.63, 3.8) is 0 Å². The minimum atomic E-state index is 0. The van der Waals surface area contributed by atoms with Crippen LogP contribution in [0.25, 0.3) is 0 Å². The molecule has 0 aromatic rings. The number of aliphatic hydroxyl groups is 2. The Kier molecular flexibility index (Phi) is 44.3. The predicted octanol–water partition coefficient (Wildman–Crippen LogP) is 1.95. The molecule has 0 aromatic heterocycles. The van der Waals surface area contributed by atoms with Crippen LogP contribution in [0.4, 0.5) is 0 Å². The molecule has 0 heterocycles. The summed E-state index contributed by atoms with van der Waals surface area (Å²) in [4.78, 5) is 1.86. The smallest absolute Gasteiger partial charge is 0.0558 e. The van der Waals surface area contributed by atoms with Gasteiger partial charge in [-0.25, -0.2) is 0 Å². The first-order valence-corrected chi connectivity index (χ1v) is 9.14. The Morgan fingerprint density at radius 2 is 1.25 bits per heavy atom. The molecule has 0 spiro atoms. The summed E-state index contributed by atoms with van der Waals surface area (Å²) < 4.78 is 0. The zero-order valence-electron chi connectivity index (χ0n) is 5.93. The van der Waals surface area contributed by atoms with Gasteiger partial charge in [0.15, 0.2) is 0 Å². The van der Waals surface area contributed by atoms with Gasteiger partial charge >= 0.3 is 0 Å². The summed E-state index contributed by atoms with van der Waals surface area (Å²) in [6.07, 6.45) is 0. The molecule has 0 aliphatic heterocycles. The van der Waals surface area contributed by atoms with Gasteiger partial charge in [-0.05, 0) is 7.05 Å². The normalized spacial score (nSPS) is 7.50. The first-order valence-electron chi connectivity index (χ1n) is 2.85. The van der Waals surface area contributed by atoms with E-state index >= 15 is 0 Å². The van der Waals surface area contributed by atoms with E-state index in [1.165, 1.54) is 0 Å². The summed E-state index contributed by atoms with van der Waals surface area (Å²) in [6, 6.07) is 0. The number of nitrogens with zero attached hydrogens (tertiary/aromatic N) is 1. The number of halogens is 2. The van der Waals surface area contributed by atoms with Crippen LogP contribution in [0, 0.1) is 0 Å². The molecule has 2 N–H and O–H groups in total. The molecule has 0 atom stereocenters. The molecule has 0 aliphatic carbocycles. The second-order valence-electron chi connectivity index (χ2n) is 1.75.